The van der Waals surface area contributed by atoms with Crippen LogP contribution in [-0.4, -0.2) is 38.3 Å². The SMILES string of the molecule is CC(O)[N+](C(C)O)(C(C)O)[PH](c1ccccc1)(c1ccccc1)c1ccccc1. The summed E-state index contributed by atoms with van der Waals surface area (Å²) < 4.78 is -0.245. The average Bonchev–Trinajstić information content (AvgIpc) is 2.73. The van der Waals surface area contributed by atoms with Gasteiger partial charge in [0.25, 0.3) is 0 Å². The number of hydrogen-bond donors (Lipinski definition) is 3. The van der Waals surface area contributed by atoms with Gasteiger partial charge in [0, 0.05) is 0 Å². The minimum absolute atomic E-state index is 0.245. The molecule has 0 bridgehead atoms. The van der Waals surface area contributed by atoms with E-state index in [9.17, 15) is 15.3 Å². The van der Waals surface area contributed by atoms with E-state index in [1.54, 1.807) is 20.8 Å². The molecule has 0 heterocycles. The first-order valence-electron chi connectivity index (χ1n) is 9.99. The normalized spacial score (nSPS) is 17.7. The molecule has 0 amide bonds. The second-order valence-electron chi connectivity index (χ2n) is 7.54. The first-order chi connectivity index (χ1) is 13.9. The fourth-order valence-electron chi connectivity index (χ4n) is 4.99. The molecule has 3 rings (SSSR count). The zero-order valence-electron chi connectivity index (χ0n) is 17.2. The summed E-state index contributed by atoms with van der Waals surface area (Å²) >= 11 is 0. The number of quaternary nitrogens is 1. The van der Waals surface area contributed by atoms with Gasteiger partial charge in [0.2, 0.25) is 0 Å². The Labute approximate surface area is 173 Å². The van der Waals surface area contributed by atoms with Crippen molar-refractivity contribution in [3.8, 4) is 0 Å². The van der Waals surface area contributed by atoms with Crippen LogP contribution in [0.4, 0.5) is 0 Å². The van der Waals surface area contributed by atoms with Crippen molar-refractivity contribution in [3.05, 3.63) is 91.0 Å². The van der Waals surface area contributed by atoms with Crippen molar-refractivity contribution in [1.29, 1.82) is 0 Å². The summed E-state index contributed by atoms with van der Waals surface area (Å²) in [5.41, 5.74) is 0. The molecule has 0 spiro atoms. The zero-order chi connectivity index (χ0) is 21.1. The molecule has 3 atom stereocenters. The molecular formula is C24H31NO3P+. The first kappa shape index (κ1) is 21.6. The Morgan fingerprint density at radius 3 is 0.966 bits per heavy atom. The molecule has 154 valence electrons. The molecule has 3 aromatic rings. The van der Waals surface area contributed by atoms with Gasteiger partial charge in [0.05, 0.1) is 0 Å². The fourth-order valence-corrected chi connectivity index (χ4v) is 11.0. The average molecular weight is 412 g/mol. The van der Waals surface area contributed by atoms with Crippen molar-refractivity contribution in [1.82, 2.24) is 0 Å². The van der Waals surface area contributed by atoms with Crippen molar-refractivity contribution in [2.45, 2.75) is 39.5 Å². The Morgan fingerprint density at radius 2 is 0.759 bits per heavy atom. The van der Waals surface area contributed by atoms with E-state index in [0.29, 0.717) is 0 Å². The van der Waals surface area contributed by atoms with Crippen molar-refractivity contribution >= 4 is 23.3 Å². The summed E-state index contributed by atoms with van der Waals surface area (Å²) in [5.74, 6) is 0. The minimum atomic E-state index is -3.21. The molecule has 0 aliphatic heterocycles. The molecule has 0 radical (unpaired) electrons. The van der Waals surface area contributed by atoms with Crippen LogP contribution in [0.15, 0.2) is 91.0 Å². The van der Waals surface area contributed by atoms with Crippen LogP contribution in [0, 0.1) is 0 Å². The molecule has 0 saturated carbocycles. The molecule has 3 unspecified atom stereocenters. The van der Waals surface area contributed by atoms with Crippen molar-refractivity contribution in [2.75, 3.05) is 0 Å². The van der Waals surface area contributed by atoms with E-state index in [2.05, 4.69) is 0 Å². The molecule has 3 aromatic carbocycles. The van der Waals surface area contributed by atoms with Gasteiger partial charge in [-0.2, -0.15) is 0 Å². The van der Waals surface area contributed by atoms with E-state index >= 15 is 0 Å². The number of aliphatic hydroxyl groups is 3. The Bertz CT molecular complexity index is 781. The van der Waals surface area contributed by atoms with Crippen molar-refractivity contribution in [3.63, 3.8) is 0 Å². The van der Waals surface area contributed by atoms with Gasteiger partial charge in [0.15, 0.2) is 0 Å². The van der Waals surface area contributed by atoms with E-state index in [1.165, 1.54) is 0 Å². The van der Waals surface area contributed by atoms with Crippen molar-refractivity contribution in [2.24, 2.45) is 0 Å². The first-order valence-corrected chi connectivity index (χ1v) is 11.9. The molecule has 4 nitrogen and oxygen atoms in total. The van der Waals surface area contributed by atoms with Crippen LogP contribution in [0.2, 0.25) is 0 Å². The van der Waals surface area contributed by atoms with Crippen LogP contribution >= 0.6 is 7.41 Å². The van der Waals surface area contributed by atoms with E-state index in [1.807, 2.05) is 91.0 Å². The number of aliphatic hydroxyl groups excluding tert-OH is 3. The van der Waals surface area contributed by atoms with Crippen LogP contribution in [0.3, 0.4) is 0 Å². The van der Waals surface area contributed by atoms with Gasteiger partial charge >= 0.3 is 173 Å². The summed E-state index contributed by atoms with van der Waals surface area (Å²) in [7, 11) is -3.21. The molecule has 0 fully saturated rings. The Kier molecular flexibility index (Phi) is 6.52. The third kappa shape index (κ3) is 3.31. The molecule has 0 saturated heterocycles. The van der Waals surface area contributed by atoms with Gasteiger partial charge < -0.3 is 0 Å². The molecule has 0 aliphatic rings. The van der Waals surface area contributed by atoms with E-state index < -0.39 is 26.1 Å². The topological polar surface area (TPSA) is 60.7 Å². The van der Waals surface area contributed by atoms with Crippen LogP contribution in [-0.2, 0) is 0 Å². The van der Waals surface area contributed by atoms with Gasteiger partial charge in [-0.15, -0.1) is 0 Å². The van der Waals surface area contributed by atoms with Gasteiger partial charge in [-0.25, -0.2) is 0 Å². The third-order valence-corrected chi connectivity index (χ3v) is 11.8. The number of rotatable bonds is 7. The summed E-state index contributed by atoms with van der Waals surface area (Å²) in [4.78, 5) is 0. The molecule has 29 heavy (non-hydrogen) atoms. The second kappa shape index (κ2) is 8.74. The standard InChI is InChI=1S/C24H31NO3P/c1-19(26)25(20(2)27,21(3)28)29(22-13-7-4-8-14-22,23-15-9-5-10-16-23)24-17-11-6-12-18-24/h4-21,26-29H,1-3H3/q+1. The van der Waals surface area contributed by atoms with E-state index in [-0.39, 0.29) is 4.25 Å². The molecular weight excluding hydrogens is 381 g/mol. The number of nitrogens with zero attached hydrogens (tertiary/aromatic N) is 1. The fraction of sp³-hybridized carbons (Fsp3) is 0.250. The summed E-state index contributed by atoms with van der Waals surface area (Å²) in [6.45, 7) is 4.99. The summed E-state index contributed by atoms with van der Waals surface area (Å²) in [6, 6.07) is 30.0. The monoisotopic (exact) mass is 412 g/mol. The maximum absolute atomic E-state index is 11.2. The maximum atomic E-state index is 11.2. The Balaban J connectivity index is 2.59. The second-order valence-corrected chi connectivity index (χ2v) is 11.5. The predicted octanol–water partition coefficient (Wildman–Crippen LogP) is 2.46. The predicted molar refractivity (Wildman–Crippen MR) is 122 cm³/mol. The van der Waals surface area contributed by atoms with Crippen LogP contribution in [0.25, 0.3) is 0 Å². The zero-order valence-corrected chi connectivity index (χ0v) is 18.2. The summed E-state index contributed by atoms with van der Waals surface area (Å²) in [6.07, 6.45) is -3.04. The number of benzene rings is 3. The molecule has 0 aromatic heterocycles. The van der Waals surface area contributed by atoms with Gasteiger partial charge in [-0.1, -0.05) is 0 Å². The van der Waals surface area contributed by atoms with E-state index in [0.717, 1.165) is 15.9 Å². The Morgan fingerprint density at radius 1 is 0.517 bits per heavy atom. The van der Waals surface area contributed by atoms with Crippen molar-refractivity contribution < 1.29 is 19.6 Å². The summed E-state index contributed by atoms with van der Waals surface area (Å²) in [5, 5.41) is 36.7. The molecule has 0 aliphatic carbocycles. The quantitative estimate of drug-likeness (QED) is 0.413. The van der Waals surface area contributed by atoms with Crippen LogP contribution in [0.1, 0.15) is 20.8 Å². The number of hydrogen-bond acceptors (Lipinski definition) is 3. The molecule has 3 N–H and O–H groups in total. The van der Waals surface area contributed by atoms with Crippen LogP contribution in [0.5, 0.6) is 0 Å². The van der Waals surface area contributed by atoms with E-state index in [4.69, 9.17) is 0 Å². The van der Waals surface area contributed by atoms with Gasteiger partial charge in [-0.05, 0) is 0 Å². The third-order valence-electron chi connectivity index (χ3n) is 6.01. The van der Waals surface area contributed by atoms with Gasteiger partial charge in [0.1, 0.15) is 0 Å². The Hall–Kier alpha value is -2.07. The van der Waals surface area contributed by atoms with Crippen LogP contribution < -0.4 is 15.9 Å². The molecule has 5 heteroatoms. The van der Waals surface area contributed by atoms with Gasteiger partial charge in [-0.3, -0.25) is 0 Å².